The molecular weight excluding hydrogens is 486 g/mol. The largest absolute Gasteiger partial charge is 0.377 e. The third-order valence-electron chi connectivity index (χ3n) is 7.95. The zero-order valence-electron chi connectivity index (χ0n) is 21.5. The van der Waals surface area contributed by atoms with Gasteiger partial charge in [0.05, 0.1) is 17.2 Å². The number of amides is 3. The van der Waals surface area contributed by atoms with E-state index in [1.54, 1.807) is 29.2 Å². The molecule has 1 aromatic carbocycles. The molecule has 0 saturated carbocycles. The van der Waals surface area contributed by atoms with Crippen molar-refractivity contribution in [2.75, 3.05) is 81.9 Å². The first kappa shape index (κ1) is 24.7. The van der Waals surface area contributed by atoms with Gasteiger partial charge in [0.1, 0.15) is 6.54 Å². The first-order valence-electron chi connectivity index (χ1n) is 13.5. The van der Waals surface area contributed by atoms with Gasteiger partial charge in [-0.15, -0.1) is 10.2 Å². The second kappa shape index (κ2) is 10.7. The first-order valence-corrected chi connectivity index (χ1v) is 13.5. The predicted octanol–water partition coefficient (Wildman–Crippen LogP) is 0.722. The van der Waals surface area contributed by atoms with Gasteiger partial charge in [0.25, 0.3) is 11.8 Å². The number of ether oxygens (including phenoxy) is 1. The molecule has 11 nitrogen and oxygen atoms in total. The average Bonchev–Trinajstić information content (AvgIpc) is 3.56. The average molecular weight is 520 g/mol. The first-order chi connectivity index (χ1) is 18.6. The maximum absolute atomic E-state index is 12.9. The van der Waals surface area contributed by atoms with Crippen LogP contribution in [0.4, 0.5) is 11.6 Å². The summed E-state index contributed by atoms with van der Waals surface area (Å²) >= 11 is 0. The van der Waals surface area contributed by atoms with Crippen LogP contribution >= 0.6 is 0 Å². The summed E-state index contributed by atoms with van der Waals surface area (Å²) in [5, 5.41) is 8.97. The highest BCUT2D eigenvalue weighted by Gasteiger charge is 2.37. The molecule has 4 aliphatic heterocycles. The van der Waals surface area contributed by atoms with Gasteiger partial charge >= 0.3 is 0 Å². The molecule has 1 atom stereocenters. The van der Waals surface area contributed by atoms with Crippen LogP contribution in [0.15, 0.2) is 36.4 Å². The van der Waals surface area contributed by atoms with E-state index < -0.39 is 11.8 Å². The molecule has 1 aromatic heterocycles. The van der Waals surface area contributed by atoms with Gasteiger partial charge in [-0.05, 0) is 37.1 Å². The van der Waals surface area contributed by atoms with Gasteiger partial charge in [-0.3, -0.25) is 24.2 Å². The molecule has 2 aromatic rings. The van der Waals surface area contributed by atoms with E-state index in [2.05, 4.69) is 24.9 Å². The van der Waals surface area contributed by atoms with Gasteiger partial charge in [-0.1, -0.05) is 12.1 Å². The highest BCUT2D eigenvalue weighted by atomic mass is 16.5. The van der Waals surface area contributed by atoms with E-state index >= 15 is 0 Å². The molecule has 0 bridgehead atoms. The van der Waals surface area contributed by atoms with E-state index in [1.165, 1.54) is 12.8 Å². The molecule has 1 unspecified atom stereocenters. The number of aromatic nitrogens is 2. The highest BCUT2D eigenvalue weighted by molar-refractivity contribution is 6.22. The van der Waals surface area contributed by atoms with Crippen molar-refractivity contribution in [1.82, 2.24) is 24.9 Å². The fourth-order valence-corrected chi connectivity index (χ4v) is 5.69. The van der Waals surface area contributed by atoms with Crippen LogP contribution in [-0.4, -0.2) is 121 Å². The Morgan fingerprint density at radius 2 is 1.39 bits per heavy atom. The van der Waals surface area contributed by atoms with E-state index in [0.29, 0.717) is 43.4 Å². The Morgan fingerprint density at radius 3 is 1.92 bits per heavy atom. The molecule has 38 heavy (non-hydrogen) atoms. The van der Waals surface area contributed by atoms with Gasteiger partial charge in [0, 0.05) is 65.5 Å². The summed E-state index contributed by atoms with van der Waals surface area (Å²) in [4.78, 5) is 47.7. The Labute approximate surface area is 221 Å². The van der Waals surface area contributed by atoms with E-state index in [1.807, 2.05) is 12.1 Å². The third-order valence-corrected chi connectivity index (χ3v) is 7.95. The summed E-state index contributed by atoms with van der Waals surface area (Å²) in [7, 11) is 0. The Bertz CT molecular complexity index is 1150. The van der Waals surface area contributed by atoms with Gasteiger partial charge in [0.15, 0.2) is 11.6 Å². The Balaban J connectivity index is 0.974. The zero-order valence-corrected chi connectivity index (χ0v) is 21.5. The minimum atomic E-state index is -0.405. The van der Waals surface area contributed by atoms with Crippen LogP contribution in [-0.2, 0) is 9.53 Å². The predicted molar refractivity (Wildman–Crippen MR) is 140 cm³/mol. The summed E-state index contributed by atoms with van der Waals surface area (Å²) in [6.07, 6.45) is 2.73. The standard InChI is InChI=1S/C27H33N7O4/c35-25(19-34-26(36)21-5-1-2-6-22(21)27(34)37)33-15-13-32(14-16-33)24-8-7-23(28-29-24)31-11-9-30(10-12-31)18-20-4-3-17-38-20/h1-2,5-8,20H,3-4,9-19H2. The number of piperazine rings is 2. The molecule has 3 amide bonds. The molecule has 4 aliphatic rings. The minimum absolute atomic E-state index is 0.223. The zero-order chi connectivity index (χ0) is 26.1. The van der Waals surface area contributed by atoms with Crippen LogP contribution in [0.1, 0.15) is 33.6 Å². The van der Waals surface area contributed by atoms with Crippen molar-refractivity contribution in [3.8, 4) is 0 Å². The Kier molecular flexibility index (Phi) is 6.94. The third kappa shape index (κ3) is 4.95. The number of fused-ring (bicyclic) bond motifs is 1. The summed E-state index contributed by atoms with van der Waals surface area (Å²) in [6, 6.07) is 10.7. The summed E-state index contributed by atoms with van der Waals surface area (Å²) in [5.74, 6) is 0.645. The van der Waals surface area contributed by atoms with Gasteiger partial charge in [-0.2, -0.15) is 0 Å². The van der Waals surface area contributed by atoms with E-state index in [0.717, 1.165) is 55.9 Å². The van der Waals surface area contributed by atoms with E-state index in [9.17, 15) is 14.4 Å². The molecule has 11 heteroatoms. The summed E-state index contributed by atoms with van der Waals surface area (Å²) in [5.41, 5.74) is 0.718. The number of anilines is 2. The van der Waals surface area contributed by atoms with Crippen LogP contribution in [0, 0.1) is 0 Å². The van der Waals surface area contributed by atoms with Crippen molar-refractivity contribution < 1.29 is 19.1 Å². The number of rotatable bonds is 6. The van der Waals surface area contributed by atoms with Crippen LogP contribution < -0.4 is 9.80 Å². The van der Waals surface area contributed by atoms with Crippen molar-refractivity contribution in [3.05, 3.63) is 47.5 Å². The number of hydrogen-bond donors (Lipinski definition) is 0. The summed E-state index contributed by atoms with van der Waals surface area (Å²) < 4.78 is 5.77. The minimum Gasteiger partial charge on any atom is -0.377 e. The molecular formula is C27H33N7O4. The van der Waals surface area contributed by atoms with Gasteiger partial charge < -0.3 is 19.4 Å². The molecule has 0 N–H and O–H groups in total. The fourth-order valence-electron chi connectivity index (χ4n) is 5.69. The van der Waals surface area contributed by atoms with Gasteiger partial charge in [0.2, 0.25) is 5.91 Å². The molecule has 0 aliphatic carbocycles. The SMILES string of the molecule is O=C(CN1C(=O)c2ccccc2C1=O)N1CCN(c2ccc(N3CCN(CC4CCCO4)CC3)nn2)CC1. The number of imide groups is 1. The van der Waals surface area contributed by atoms with Crippen molar-refractivity contribution in [3.63, 3.8) is 0 Å². The Morgan fingerprint density at radius 1 is 0.816 bits per heavy atom. The van der Waals surface area contributed by atoms with Crippen molar-refractivity contribution in [2.24, 2.45) is 0 Å². The number of hydrogen-bond acceptors (Lipinski definition) is 9. The lowest BCUT2D eigenvalue weighted by molar-refractivity contribution is -0.131. The molecule has 0 radical (unpaired) electrons. The molecule has 5 heterocycles. The van der Waals surface area contributed by atoms with Gasteiger partial charge in [-0.25, -0.2) is 0 Å². The van der Waals surface area contributed by atoms with E-state index in [-0.39, 0.29) is 12.5 Å². The smallest absolute Gasteiger partial charge is 0.262 e. The molecule has 6 rings (SSSR count). The van der Waals surface area contributed by atoms with Crippen LogP contribution in [0.3, 0.4) is 0 Å². The number of benzene rings is 1. The van der Waals surface area contributed by atoms with Crippen LogP contribution in [0.2, 0.25) is 0 Å². The van der Waals surface area contributed by atoms with E-state index in [4.69, 9.17) is 4.74 Å². The second-order valence-corrected chi connectivity index (χ2v) is 10.3. The normalized spacial score (nSPS) is 22.4. The molecule has 3 saturated heterocycles. The maximum atomic E-state index is 12.9. The maximum Gasteiger partial charge on any atom is 0.262 e. The lowest BCUT2D eigenvalue weighted by atomic mass is 10.1. The number of carbonyl (C=O) groups excluding carboxylic acids is 3. The van der Waals surface area contributed by atoms with Crippen LogP contribution in [0.5, 0.6) is 0 Å². The summed E-state index contributed by atoms with van der Waals surface area (Å²) in [6.45, 7) is 7.76. The topological polar surface area (TPSA) is 102 Å². The number of carbonyl (C=O) groups is 3. The lowest BCUT2D eigenvalue weighted by Gasteiger charge is -2.37. The van der Waals surface area contributed by atoms with Crippen molar-refractivity contribution in [2.45, 2.75) is 18.9 Å². The fraction of sp³-hybridized carbons (Fsp3) is 0.519. The number of nitrogens with zero attached hydrogens (tertiary/aromatic N) is 7. The molecule has 3 fully saturated rings. The monoisotopic (exact) mass is 519 g/mol. The Hall–Kier alpha value is -3.57. The molecule has 200 valence electrons. The quantitative estimate of drug-likeness (QED) is 0.511. The van der Waals surface area contributed by atoms with Crippen LogP contribution in [0.25, 0.3) is 0 Å². The second-order valence-electron chi connectivity index (χ2n) is 10.3. The highest BCUT2D eigenvalue weighted by Crippen LogP contribution is 2.23. The lowest BCUT2D eigenvalue weighted by Crippen LogP contribution is -2.52. The molecule has 0 spiro atoms. The van der Waals surface area contributed by atoms with Crippen molar-refractivity contribution in [1.29, 1.82) is 0 Å². The van der Waals surface area contributed by atoms with Crippen molar-refractivity contribution >= 4 is 29.4 Å².